The van der Waals surface area contributed by atoms with Crippen molar-refractivity contribution in [3.63, 3.8) is 0 Å². The molecule has 1 amide bonds. The van der Waals surface area contributed by atoms with Crippen LogP contribution in [0.3, 0.4) is 0 Å². The fourth-order valence-corrected chi connectivity index (χ4v) is 1.75. The highest BCUT2D eigenvalue weighted by Crippen LogP contribution is 2.16. The molecule has 1 aliphatic heterocycles. The summed E-state index contributed by atoms with van der Waals surface area (Å²) in [6, 6.07) is -0.200. The van der Waals surface area contributed by atoms with E-state index in [2.05, 4.69) is 20.3 Å². The maximum Gasteiger partial charge on any atom is 0.322 e. The highest BCUT2D eigenvalue weighted by atomic mass is 35.5. The number of likely N-dealkylation sites (tertiary alicyclic amines) is 1. The van der Waals surface area contributed by atoms with Crippen molar-refractivity contribution in [2.24, 2.45) is 0 Å². The number of amides is 1. The van der Waals surface area contributed by atoms with Crippen LogP contribution in [0.5, 0.6) is 6.01 Å². The monoisotopic (exact) mass is 257 g/mol. The normalized spacial score (nSPS) is 19.6. The summed E-state index contributed by atoms with van der Waals surface area (Å²) in [6.07, 6.45) is 0.709. The second kappa shape index (κ2) is 4.70. The van der Waals surface area contributed by atoms with Crippen LogP contribution in [0.1, 0.15) is 6.42 Å². The number of nitrogens with one attached hydrogen (secondary N) is 1. The van der Waals surface area contributed by atoms with Gasteiger partial charge in [-0.05, 0) is 18.0 Å². The first-order valence-corrected chi connectivity index (χ1v) is 5.45. The molecule has 17 heavy (non-hydrogen) atoms. The number of halogens is 1. The van der Waals surface area contributed by atoms with Gasteiger partial charge in [0.05, 0.1) is 7.11 Å². The van der Waals surface area contributed by atoms with Crippen LogP contribution in [-0.4, -0.2) is 52.5 Å². The largest absolute Gasteiger partial charge is 0.467 e. The number of anilines is 1. The van der Waals surface area contributed by atoms with Crippen molar-refractivity contribution < 1.29 is 9.53 Å². The molecule has 2 heterocycles. The van der Waals surface area contributed by atoms with E-state index < -0.39 is 0 Å². The van der Waals surface area contributed by atoms with Gasteiger partial charge in [0.2, 0.25) is 17.1 Å². The summed E-state index contributed by atoms with van der Waals surface area (Å²) in [4.78, 5) is 24.9. The smallest absolute Gasteiger partial charge is 0.322 e. The van der Waals surface area contributed by atoms with Crippen LogP contribution in [0.25, 0.3) is 0 Å². The standard InChI is InChI=1S/C9H12ClN5O2/c1-15-4-3-5(6(15)16)11-8-12-7(10)13-9(14-8)17-2/h5H,3-4H2,1-2H3,(H,11,12,13,14). The Bertz CT molecular complexity index is 441. The van der Waals surface area contributed by atoms with E-state index in [1.807, 2.05) is 0 Å². The summed E-state index contributed by atoms with van der Waals surface area (Å²) >= 11 is 5.70. The van der Waals surface area contributed by atoms with E-state index >= 15 is 0 Å². The minimum atomic E-state index is -0.317. The average molecular weight is 258 g/mol. The van der Waals surface area contributed by atoms with Gasteiger partial charge in [0.15, 0.2) is 0 Å². The minimum Gasteiger partial charge on any atom is -0.467 e. The van der Waals surface area contributed by atoms with Gasteiger partial charge in [-0.25, -0.2) is 0 Å². The van der Waals surface area contributed by atoms with E-state index in [1.54, 1.807) is 11.9 Å². The lowest BCUT2D eigenvalue weighted by molar-refractivity contribution is -0.127. The summed E-state index contributed by atoms with van der Waals surface area (Å²) in [5, 5.41) is 2.94. The minimum absolute atomic E-state index is 0.0144. The molecule has 1 unspecified atom stereocenters. The maximum absolute atomic E-state index is 11.7. The molecule has 1 fully saturated rings. The first kappa shape index (κ1) is 11.8. The second-order valence-electron chi connectivity index (χ2n) is 3.66. The molecule has 1 N–H and O–H groups in total. The Balaban J connectivity index is 2.13. The molecule has 1 saturated heterocycles. The Morgan fingerprint density at radius 1 is 1.47 bits per heavy atom. The number of hydrogen-bond donors (Lipinski definition) is 1. The zero-order chi connectivity index (χ0) is 12.4. The first-order valence-electron chi connectivity index (χ1n) is 5.07. The molecule has 0 aromatic carbocycles. The molecule has 1 aromatic heterocycles. The SMILES string of the molecule is COc1nc(Cl)nc(NC2CCN(C)C2=O)n1. The lowest BCUT2D eigenvalue weighted by Crippen LogP contribution is -2.31. The summed E-state index contributed by atoms with van der Waals surface area (Å²) < 4.78 is 4.87. The van der Waals surface area contributed by atoms with E-state index in [1.165, 1.54) is 7.11 Å². The zero-order valence-corrected chi connectivity index (χ0v) is 10.2. The Morgan fingerprint density at radius 2 is 2.24 bits per heavy atom. The number of ether oxygens (including phenoxy) is 1. The molecule has 0 bridgehead atoms. The van der Waals surface area contributed by atoms with Gasteiger partial charge >= 0.3 is 6.01 Å². The van der Waals surface area contributed by atoms with Crippen molar-refractivity contribution in [2.75, 3.05) is 26.0 Å². The average Bonchev–Trinajstić information content (AvgIpc) is 2.60. The number of carbonyl (C=O) groups excluding carboxylic acids is 1. The molecule has 8 heteroatoms. The van der Waals surface area contributed by atoms with Crippen LogP contribution in [0.15, 0.2) is 0 Å². The molecule has 1 atom stereocenters. The molecule has 7 nitrogen and oxygen atoms in total. The van der Waals surface area contributed by atoms with Crippen LogP contribution >= 0.6 is 11.6 Å². The van der Waals surface area contributed by atoms with Gasteiger partial charge < -0.3 is 15.0 Å². The second-order valence-corrected chi connectivity index (χ2v) is 4.00. The van der Waals surface area contributed by atoms with Crippen LogP contribution in [0.4, 0.5) is 5.95 Å². The lowest BCUT2D eigenvalue weighted by Gasteiger charge is -2.12. The van der Waals surface area contributed by atoms with E-state index in [9.17, 15) is 4.79 Å². The van der Waals surface area contributed by atoms with Crippen LogP contribution < -0.4 is 10.1 Å². The van der Waals surface area contributed by atoms with Crippen LogP contribution in [0, 0.1) is 0 Å². The molecule has 2 rings (SSSR count). The first-order chi connectivity index (χ1) is 8.10. The summed E-state index contributed by atoms with van der Waals surface area (Å²) in [7, 11) is 3.19. The molecule has 0 radical (unpaired) electrons. The topological polar surface area (TPSA) is 80.2 Å². The third-order valence-corrected chi connectivity index (χ3v) is 2.67. The number of aromatic nitrogens is 3. The lowest BCUT2D eigenvalue weighted by atomic mass is 10.2. The summed E-state index contributed by atoms with van der Waals surface area (Å²) in [5.74, 6) is 0.260. The number of carbonyl (C=O) groups is 1. The van der Waals surface area contributed by atoms with Crippen LogP contribution in [0.2, 0.25) is 5.28 Å². The molecule has 0 saturated carbocycles. The zero-order valence-electron chi connectivity index (χ0n) is 9.47. The highest BCUT2D eigenvalue weighted by molar-refractivity contribution is 6.28. The molecule has 1 aromatic rings. The van der Waals surface area contributed by atoms with Gasteiger partial charge in [0, 0.05) is 13.6 Å². The molecular weight excluding hydrogens is 246 g/mol. The Hall–Kier alpha value is -1.63. The van der Waals surface area contributed by atoms with Crippen molar-refractivity contribution in [2.45, 2.75) is 12.5 Å². The van der Waals surface area contributed by atoms with Crippen molar-refractivity contribution in [3.05, 3.63) is 5.28 Å². The van der Waals surface area contributed by atoms with Gasteiger partial charge in [-0.2, -0.15) is 15.0 Å². The van der Waals surface area contributed by atoms with E-state index in [-0.39, 0.29) is 29.2 Å². The fraction of sp³-hybridized carbons (Fsp3) is 0.556. The predicted molar refractivity (Wildman–Crippen MR) is 61.1 cm³/mol. The highest BCUT2D eigenvalue weighted by Gasteiger charge is 2.29. The molecule has 92 valence electrons. The maximum atomic E-state index is 11.7. The van der Waals surface area contributed by atoms with Crippen molar-refractivity contribution >= 4 is 23.5 Å². The predicted octanol–water partition coefficient (Wildman–Crippen LogP) is 0.176. The van der Waals surface area contributed by atoms with Gasteiger partial charge in [0.1, 0.15) is 6.04 Å². The molecule has 0 spiro atoms. The van der Waals surface area contributed by atoms with Crippen molar-refractivity contribution in [1.29, 1.82) is 0 Å². The van der Waals surface area contributed by atoms with Crippen molar-refractivity contribution in [3.8, 4) is 6.01 Å². The molecular formula is C9H12ClN5O2. The quantitative estimate of drug-likeness (QED) is 0.832. The number of hydrogen-bond acceptors (Lipinski definition) is 6. The van der Waals surface area contributed by atoms with Gasteiger partial charge in [0.25, 0.3) is 0 Å². The third kappa shape index (κ3) is 2.55. The van der Waals surface area contributed by atoms with Crippen molar-refractivity contribution in [1.82, 2.24) is 19.9 Å². The fourth-order valence-electron chi connectivity index (χ4n) is 1.60. The van der Waals surface area contributed by atoms with Gasteiger partial charge in [-0.15, -0.1) is 0 Å². The van der Waals surface area contributed by atoms with E-state index in [0.29, 0.717) is 13.0 Å². The van der Waals surface area contributed by atoms with Crippen LogP contribution in [-0.2, 0) is 4.79 Å². The number of nitrogens with zero attached hydrogens (tertiary/aromatic N) is 4. The van der Waals surface area contributed by atoms with E-state index in [0.717, 1.165) is 0 Å². The number of rotatable bonds is 3. The summed E-state index contributed by atoms with van der Waals surface area (Å²) in [6.45, 7) is 0.715. The third-order valence-electron chi connectivity index (χ3n) is 2.50. The number of likely N-dealkylation sites (N-methyl/N-ethyl adjacent to an activating group) is 1. The molecule has 0 aliphatic carbocycles. The van der Waals surface area contributed by atoms with Gasteiger partial charge in [-0.3, -0.25) is 4.79 Å². The Kier molecular flexibility index (Phi) is 3.28. The Morgan fingerprint density at radius 3 is 2.82 bits per heavy atom. The van der Waals surface area contributed by atoms with E-state index in [4.69, 9.17) is 16.3 Å². The Labute approximate surface area is 103 Å². The molecule has 1 aliphatic rings. The van der Waals surface area contributed by atoms with Gasteiger partial charge in [-0.1, -0.05) is 0 Å². The summed E-state index contributed by atoms with van der Waals surface area (Å²) in [5.41, 5.74) is 0. The number of methoxy groups -OCH3 is 1.